The minimum absolute atomic E-state index is 0.215. The van der Waals surface area contributed by atoms with E-state index >= 15 is 0 Å². The average Bonchev–Trinajstić information content (AvgIpc) is 3.24. The second kappa shape index (κ2) is 12.2. The van der Waals surface area contributed by atoms with Gasteiger partial charge in [-0.25, -0.2) is 4.98 Å². The maximum absolute atomic E-state index is 11.1. The Morgan fingerprint density at radius 2 is 1.89 bits per heavy atom. The topological polar surface area (TPSA) is 166 Å². The number of hydrogen-bond donors (Lipinski definition) is 6. The standard InChI is InChI=1S/C23H27ClN6O5P2/c24-17-3-1-4-18(13-17)27-21-20-22(30(14-26-20)11-9-16-5-7-19(31)8-6-16)29-23(28-21)25-10-2-12-36(32)15-37(33,34)35/h1,3-8,13-14,31-32H,2,9-12,15H2,(H2,33,34,35)(H2,25,27,28,29). The summed E-state index contributed by atoms with van der Waals surface area (Å²) in [7, 11) is -5.98. The fraction of sp³-hybridized carbons (Fsp3) is 0.261. The largest absolute Gasteiger partial charge is 0.508 e. The third-order valence-corrected chi connectivity index (χ3v) is 9.20. The lowest BCUT2D eigenvalue weighted by Crippen LogP contribution is -2.10. The summed E-state index contributed by atoms with van der Waals surface area (Å²) in [6.07, 6.45) is 3.18. The van der Waals surface area contributed by atoms with Crippen molar-refractivity contribution >= 4 is 56.0 Å². The second-order valence-electron chi connectivity index (χ2n) is 8.37. The van der Waals surface area contributed by atoms with Crippen LogP contribution in [-0.2, 0) is 17.5 Å². The molecule has 4 rings (SSSR count). The number of aromatic hydroxyl groups is 1. The first kappa shape index (κ1) is 27.3. The number of rotatable bonds is 12. The summed E-state index contributed by atoms with van der Waals surface area (Å²) >= 11 is 6.14. The van der Waals surface area contributed by atoms with Gasteiger partial charge in [0.05, 0.1) is 12.2 Å². The highest BCUT2D eigenvalue weighted by Crippen LogP contribution is 2.48. The number of anilines is 3. The van der Waals surface area contributed by atoms with Crippen molar-refractivity contribution in [3.8, 4) is 5.75 Å². The number of nitrogens with zero attached hydrogens (tertiary/aromatic N) is 4. The van der Waals surface area contributed by atoms with Crippen LogP contribution in [0.3, 0.4) is 0 Å². The molecule has 0 aliphatic rings. The maximum atomic E-state index is 11.1. The van der Waals surface area contributed by atoms with Gasteiger partial charge in [-0.05, 0) is 54.9 Å². The van der Waals surface area contributed by atoms with Crippen molar-refractivity contribution in [1.82, 2.24) is 19.5 Å². The molecule has 0 aliphatic heterocycles. The van der Waals surface area contributed by atoms with E-state index in [4.69, 9.17) is 21.4 Å². The highest BCUT2D eigenvalue weighted by molar-refractivity contribution is 7.69. The average molecular weight is 565 g/mol. The van der Waals surface area contributed by atoms with Crippen molar-refractivity contribution in [1.29, 1.82) is 0 Å². The van der Waals surface area contributed by atoms with Gasteiger partial charge in [-0.15, -0.1) is 0 Å². The molecule has 0 radical (unpaired) electrons. The lowest BCUT2D eigenvalue weighted by molar-refractivity contribution is 0.378. The van der Waals surface area contributed by atoms with Gasteiger partial charge in [0, 0.05) is 31.9 Å². The zero-order valence-corrected chi connectivity index (χ0v) is 22.2. The van der Waals surface area contributed by atoms with E-state index in [0.29, 0.717) is 53.9 Å². The van der Waals surface area contributed by atoms with E-state index in [0.717, 1.165) is 11.3 Å². The molecule has 0 amide bonds. The van der Waals surface area contributed by atoms with Crippen molar-refractivity contribution in [2.24, 2.45) is 0 Å². The van der Waals surface area contributed by atoms with Gasteiger partial charge in [0.2, 0.25) is 5.95 Å². The molecular formula is C23H27ClN6O5P2. The van der Waals surface area contributed by atoms with Crippen molar-refractivity contribution in [3.63, 3.8) is 0 Å². The van der Waals surface area contributed by atoms with Gasteiger partial charge in [0.1, 0.15) is 5.75 Å². The summed E-state index contributed by atoms with van der Waals surface area (Å²) in [6.45, 7) is 1.01. The van der Waals surface area contributed by atoms with E-state index in [1.54, 1.807) is 30.6 Å². The van der Waals surface area contributed by atoms with Gasteiger partial charge < -0.3 is 35.0 Å². The quantitative estimate of drug-likeness (QED) is 0.107. The van der Waals surface area contributed by atoms with Crippen molar-refractivity contribution in [2.75, 3.05) is 29.2 Å². The lowest BCUT2D eigenvalue weighted by atomic mass is 10.1. The van der Waals surface area contributed by atoms with Gasteiger partial charge in [0.25, 0.3) is 0 Å². The first-order chi connectivity index (χ1) is 17.7. The van der Waals surface area contributed by atoms with E-state index in [9.17, 15) is 14.6 Å². The van der Waals surface area contributed by atoms with E-state index in [2.05, 4.69) is 25.6 Å². The van der Waals surface area contributed by atoms with Crippen LogP contribution in [-0.4, -0.2) is 57.9 Å². The number of halogens is 1. The summed E-state index contributed by atoms with van der Waals surface area (Å²) in [4.78, 5) is 41.7. The van der Waals surface area contributed by atoms with Crippen molar-refractivity contribution in [3.05, 3.63) is 65.4 Å². The first-order valence-corrected chi connectivity index (χ1v) is 15.3. The molecule has 0 saturated heterocycles. The van der Waals surface area contributed by atoms with Crippen molar-refractivity contribution < 1.29 is 24.4 Å². The third-order valence-electron chi connectivity index (χ3n) is 5.35. The Labute approximate surface area is 219 Å². The Bertz CT molecular complexity index is 1400. The molecule has 0 bridgehead atoms. The van der Waals surface area contributed by atoms with Gasteiger partial charge in [-0.2, -0.15) is 9.97 Å². The monoisotopic (exact) mass is 564 g/mol. The zero-order chi connectivity index (χ0) is 26.4. The molecule has 196 valence electrons. The summed E-state index contributed by atoms with van der Waals surface area (Å²) in [5.41, 5.74) is 2.99. The zero-order valence-electron chi connectivity index (χ0n) is 19.7. The molecule has 4 aromatic rings. The van der Waals surface area contributed by atoms with Crippen LogP contribution in [0.5, 0.6) is 5.75 Å². The Balaban J connectivity index is 1.53. The molecule has 0 spiro atoms. The molecule has 0 aliphatic carbocycles. The minimum Gasteiger partial charge on any atom is -0.508 e. The number of benzene rings is 2. The van der Waals surface area contributed by atoms with Crippen LogP contribution in [0.2, 0.25) is 5.02 Å². The van der Waals surface area contributed by atoms with Crippen LogP contribution in [0.25, 0.3) is 11.2 Å². The van der Waals surface area contributed by atoms with Crippen molar-refractivity contribution in [2.45, 2.75) is 19.4 Å². The fourth-order valence-electron chi connectivity index (χ4n) is 3.63. The predicted octanol–water partition coefficient (Wildman–Crippen LogP) is 4.50. The number of aryl methyl sites for hydroxylation is 2. The normalized spacial score (nSPS) is 12.5. The first-order valence-electron chi connectivity index (χ1n) is 11.4. The number of nitrogens with one attached hydrogen (secondary N) is 2. The SMILES string of the molecule is O=P(O)(O)CP(O)CCCNc1nc(Nc2cccc(Cl)c2)c2ncn(CCc3ccc(O)cc3)c2n1. The molecule has 0 fully saturated rings. The molecule has 14 heteroatoms. The lowest BCUT2D eigenvalue weighted by Gasteiger charge is -2.13. The predicted molar refractivity (Wildman–Crippen MR) is 146 cm³/mol. The third kappa shape index (κ3) is 8.10. The van der Waals surface area contributed by atoms with Crippen LogP contribution in [0.15, 0.2) is 54.9 Å². The highest BCUT2D eigenvalue weighted by atomic mass is 35.5. The number of fused-ring (bicyclic) bond motifs is 1. The minimum atomic E-state index is -4.24. The fourth-order valence-corrected chi connectivity index (χ4v) is 6.61. The van der Waals surface area contributed by atoms with E-state index in [1.165, 1.54) is 0 Å². The molecule has 37 heavy (non-hydrogen) atoms. The van der Waals surface area contributed by atoms with Gasteiger partial charge in [-0.3, -0.25) is 4.57 Å². The molecule has 0 saturated carbocycles. The molecule has 2 aromatic heterocycles. The summed E-state index contributed by atoms with van der Waals surface area (Å²) in [5, 5.41) is 16.5. The number of hydrogen-bond acceptors (Lipinski definition) is 8. The Morgan fingerprint density at radius 1 is 1.11 bits per heavy atom. The molecule has 2 heterocycles. The van der Waals surface area contributed by atoms with Crippen LogP contribution in [0.1, 0.15) is 12.0 Å². The van der Waals surface area contributed by atoms with Gasteiger partial charge in [-0.1, -0.05) is 29.8 Å². The summed E-state index contributed by atoms with van der Waals surface area (Å²) < 4.78 is 13.0. The van der Waals surface area contributed by atoms with Crippen LogP contribution >= 0.6 is 27.3 Å². The Kier molecular flexibility index (Phi) is 8.97. The smallest absolute Gasteiger partial charge is 0.332 e. The van der Waals surface area contributed by atoms with E-state index < -0.39 is 21.6 Å². The molecule has 2 aromatic carbocycles. The Hall–Kier alpha value is -2.78. The van der Waals surface area contributed by atoms with Gasteiger partial charge in [0.15, 0.2) is 17.0 Å². The number of imidazole rings is 1. The molecular weight excluding hydrogens is 538 g/mol. The van der Waals surface area contributed by atoms with E-state index in [-0.39, 0.29) is 11.9 Å². The molecule has 6 N–H and O–H groups in total. The summed E-state index contributed by atoms with van der Waals surface area (Å²) in [6, 6.07) is 14.3. The van der Waals surface area contributed by atoms with Gasteiger partial charge >= 0.3 is 7.60 Å². The van der Waals surface area contributed by atoms with Crippen LogP contribution in [0, 0.1) is 0 Å². The molecule has 1 atom stereocenters. The highest BCUT2D eigenvalue weighted by Gasteiger charge is 2.19. The van der Waals surface area contributed by atoms with Crippen LogP contribution < -0.4 is 10.6 Å². The van der Waals surface area contributed by atoms with Crippen LogP contribution in [0.4, 0.5) is 17.5 Å². The maximum Gasteiger partial charge on any atom is 0.332 e. The number of phenolic OH excluding ortho intramolecular Hbond substituents is 1. The number of phenols is 1. The Morgan fingerprint density at radius 3 is 2.62 bits per heavy atom. The second-order valence-corrected chi connectivity index (χ2v) is 12.7. The molecule has 1 unspecified atom stereocenters. The molecule has 11 nitrogen and oxygen atoms in total. The summed E-state index contributed by atoms with van der Waals surface area (Å²) in [5.74, 6) is 0.552. The van der Waals surface area contributed by atoms with E-state index in [1.807, 2.05) is 28.8 Å². The number of aromatic nitrogens is 4.